The fraction of sp³-hybridized carbons (Fsp3) is 0.875. The number of carbonyl (C=O) groups is 1. The molecule has 80 valence electrons. The first kappa shape index (κ1) is 10.7. The molecule has 1 aliphatic carbocycles. The number of nitrogens with zero attached hydrogens (tertiary/aromatic N) is 1. The second-order valence-electron chi connectivity index (χ2n) is 3.34. The summed E-state index contributed by atoms with van der Waals surface area (Å²) in [6, 6.07) is 0. The van der Waals surface area contributed by atoms with E-state index < -0.39 is 11.2 Å². The molecule has 0 aromatic carbocycles. The minimum Gasteiger partial charge on any atom is -0.469 e. The molecule has 14 heavy (non-hydrogen) atoms. The Bertz CT molecular complexity index is 230. The molecule has 1 aliphatic rings. The van der Waals surface area contributed by atoms with Gasteiger partial charge >= 0.3 is 5.97 Å². The highest BCUT2D eigenvalue weighted by Gasteiger charge is 2.29. The minimum atomic E-state index is -0.801. The van der Waals surface area contributed by atoms with Crippen molar-refractivity contribution in [3.8, 4) is 0 Å². The summed E-state index contributed by atoms with van der Waals surface area (Å²) in [5, 5.41) is 9.28. The Kier molecular flexibility index (Phi) is 3.67. The lowest BCUT2D eigenvalue weighted by atomic mass is 9.87. The fourth-order valence-electron chi connectivity index (χ4n) is 1.74. The Morgan fingerprint density at radius 2 is 2.21 bits per heavy atom. The lowest BCUT2D eigenvalue weighted by Gasteiger charge is -2.25. The van der Waals surface area contributed by atoms with Gasteiger partial charge in [0.05, 0.1) is 13.0 Å². The van der Waals surface area contributed by atoms with Crippen LogP contribution in [0.3, 0.4) is 0 Å². The van der Waals surface area contributed by atoms with Crippen LogP contribution in [-0.4, -0.2) is 24.3 Å². The third kappa shape index (κ3) is 2.86. The normalized spacial score (nSPS) is 26.6. The maximum Gasteiger partial charge on any atom is 0.308 e. The summed E-state index contributed by atoms with van der Waals surface area (Å²) < 4.78 is 4.58. The van der Waals surface area contributed by atoms with Crippen molar-refractivity contribution in [1.82, 2.24) is 0 Å². The molecule has 0 amide bonds. The average molecular weight is 203 g/mol. The summed E-state index contributed by atoms with van der Waals surface area (Å²) in [5.74, 6) is -0.555. The molecule has 0 radical (unpaired) electrons. The lowest BCUT2D eigenvalue weighted by molar-refractivity contribution is -0.769. The summed E-state index contributed by atoms with van der Waals surface area (Å²) in [6.45, 7) is 0. The van der Waals surface area contributed by atoms with E-state index in [9.17, 15) is 14.9 Å². The molecule has 0 aliphatic heterocycles. The van der Waals surface area contributed by atoms with Crippen molar-refractivity contribution in [2.45, 2.75) is 31.8 Å². The molecule has 2 atom stereocenters. The summed E-state index contributed by atoms with van der Waals surface area (Å²) in [5.41, 5.74) is 0. The van der Waals surface area contributed by atoms with E-state index in [1.165, 1.54) is 7.11 Å². The minimum absolute atomic E-state index is 0.251. The van der Waals surface area contributed by atoms with Crippen LogP contribution in [0.15, 0.2) is 0 Å². The van der Waals surface area contributed by atoms with Crippen molar-refractivity contribution in [2.24, 2.45) is 5.92 Å². The molecule has 0 aromatic heterocycles. The maximum absolute atomic E-state index is 11.2. The smallest absolute Gasteiger partial charge is 0.308 e. The van der Waals surface area contributed by atoms with Gasteiger partial charge in [0.25, 0.3) is 5.09 Å². The first-order chi connectivity index (χ1) is 6.63. The van der Waals surface area contributed by atoms with Crippen LogP contribution in [0.1, 0.15) is 25.7 Å². The number of carbonyl (C=O) groups excluding carboxylic acids is 1. The van der Waals surface area contributed by atoms with Crippen LogP contribution in [0, 0.1) is 16.0 Å². The van der Waals surface area contributed by atoms with Crippen LogP contribution in [0.2, 0.25) is 0 Å². The van der Waals surface area contributed by atoms with E-state index in [0.29, 0.717) is 12.8 Å². The van der Waals surface area contributed by atoms with Crippen LogP contribution in [-0.2, 0) is 14.4 Å². The Labute approximate surface area is 81.3 Å². The van der Waals surface area contributed by atoms with Crippen molar-refractivity contribution >= 4 is 5.97 Å². The number of methoxy groups -OCH3 is 1. The molecule has 6 nitrogen and oxygen atoms in total. The first-order valence-corrected chi connectivity index (χ1v) is 4.52. The van der Waals surface area contributed by atoms with Crippen LogP contribution in [0.4, 0.5) is 0 Å². The molecule has 1 saturated carbocycles. The predicted molar refractivity (Wildman–Crippen MR) is 45.8 cm³/mol. The van der Waals surface area contributed by atoms with Crippen molar-refractivity contribution in [3.63, 3.8) is 0 Å². The fourth-order valence-corrected chi connectivity index (χ4v) is 1.74. The van der Waals surface area contributed by atoms with Crippen LogP contribution < -0.4 is 0 Å². The Morgan fingerprint density at radius 3 is 2.79 bits per heavy atom. The molecule has 0 spiro atoms. The average Bonchev–Trinajstić information content (AvgIpc) is 2.16. The first-order valence-electron chi connectivity index (χ1n) is 4.52. The molecule has 0 bridgehead atoms. The molecule has 0 saturated heterocycles. The number of ether oxygens (including phenoxy) is 1. The highest BCUT2D eigenvalue weighted by atomic mass is 17.0. The van der Waals surface area contributed by atoms with E-state index >= 15 is 0 Å². The Balaban J connectivity index is 2.43. The van der Waals surface area contributed by atoms with E-state index in [4.69, 9.17) is 0 Å². The summed E-state index contributed by atoms with van der Waals surface area (Å²) in [6.07, 6.45) is 2.05. The number of hydrogen-bond acceptors (Lipinski definition) is 5. The van der Waals surface area contributed by atoms with Gasteiger partial charge in [-0.25, -0.2) is 0 Å². The van der Waals surface area contributed by atoms with Gasteiger partial charge in [0.2, 0.25) is 0 Å². The lowest BCUT2D eigenvalue weighted by Crippen LogP contribution is -2.29. The third-order valence-corrected chi connectivity index (χ3v) is 2.40. The van der Waals surface area contributed by atoms with Crippen LogP contribution in [0.5, 0.6) is 0 Å². The second kappa shape index (κ2) is 4.78. The quantitative estimate of drug-likeness (QED) is 0.387. The molecular formula is C8H13NO5. The summed E-state index contributed by atoms with van der Waals surface area (Å²) in [7, 11) is 1.32. The Morgan fingerprint density at radius 1 is 1.50 bits per heavy atom. The standard InChI is InChI=1S/C8H13NO5/c1-13-8(10)6-3-2-4-7(5-6)14-9(11)12/h6-7H,2-5H2,1H3. The zero-order valence-corrected chi connectivity index (χ0v) is 7.97. The van der Waals surface area contributed by atoms with Gasteiger partial charge in [0.15, 0.2) is 0 Å². The monoisotopic (exact) mass is 203 g/mol. The predicted octanol–water partition coefficient (Wildman–Crippen LogP) is 0.926. The van der Waals surface area contributed by atoms with Gasteiger partial charge in [-0.05, 0) is 19.3 Å². The van der Waals surface area contributed by atoms with Gasteiger partial charge < -0.3 is 9.57 Å². The van der Waals surface area contributed by atoms with E-state index in [1.807, 2.05) is 0 Å². The van der Waals surface area contributed by atoms with E-state index in [1.54, 1.807) is 0 Å². The highest BCUT2D eigenvalue weighted by molar-refractivity contribution is 5.72. The van der Waals surface area contributed by atoms with Crippen molar-refractivity contribution in [3.05, 3.63) is 10.1 Å². The van der Waals surface area contributed by atoms with Crippen molar-refractivity contribution in [2.75, 3.05) is 7.11 Å². The SMILES string of the molecule is COC(=O)C1CCCC(O[N+](=O)[O-])C1. The van der Waals surface area contributed by atoms with Gasteiger partial charge in [-0.15, -0.1) is 10.1 Å². The van der Waals surface area contributed by atoms with Gasteiger partial charge in [-0.2, -0.15) is 0 Å². The molecule has 0 aromatic rings. The van der Waals surface area contributed by atoms with E-state index in [-0.39, 0.29) is 11.9 Å². The molecule has 1 rings (SSSR count). The van der Waals surface area contributed by atoms with Crippen LogP contribution in [0.25, 0.3) is 0 Å². The van der Waals surface area contributed by atoms with Gasteiger partial charge in [-0.1, -0.05) is 6.42 Å². The number of esters is 1. The summed E-state index contributed by atoms with van der Waals surface area (Å²) in [4.78, 5) is 25.7. The highest BCUT2D eigenvalue weighted by Crippen LogP contribution is 2.27. The summed E-state index contributed by atoms with van der Waals surface area (Å²) >= 11 is 0. The van der Waals surface area contributed by atoms with Gasteiger partial charge in [0, 0.05) is 0 Å². The molecule has 6 heteroatoms. The third-order valence-electron chi connectivity index (χ3n) is 2.40. The zero-order chi connectivity index (χ0) is 10.6. The molecular weight excluding hydrogens is 190 g/mol. The molecule has 0 heterocycles. The molecule has 0 N–H and O–H groups in total. The largest absolute Gasteiger partial charge is 0.469 e. The maximum atomic E-state index is 11.2. The molecule has 2 unspecified atom stereocenters. The topological polar surface area (TPSA) is 78.7 Å². The molecule has 1 fully saturated rings. The van der Waals surface area contributed by atoms with Crippen molar-refractivity contribution in [1.29, 1.82) is 0 Å². The van der Waals surface area contributed by atoms with E-state index in [2.05, 4.69) is 9.57 Å². The van der Waals surface area contributed by atoms with E-state index in [0.717, 1.165) is 12.8 Å². The van der Waals surface area contributed by atoms with Crippen LogP contribution >= 0.6 is 0 Å². The zero-order valence-electron chi connectivity index (χ0n) is 7.97. The van der Waals surface area contributed by atoms with Gasteiger partial charge in [-0.3, -0.25) is 4.79 Å². The van der Waals surface area contributed by atoms with Gasteiger partial charge in [0.1, 0.15) is 6.10 Å². The Hall–Kier alpha value is -1.33. The second-order valence-corrected chi connectivity index (χ2v) is 3.34. The number of rotatable bonds is 3. The number of hydrogen-bond donors (Lipinski definition) is 0. The van der Waals surface area contributed by atoms with Crippen molar-refractivity contribution < 1.29 is 19.5 Å².